The monoisotopic (exact) mass is 299 g/mol. The molecule has 0 saturated carbocycles. The highest BCUT2D eigenvalue weighted by atomic mass is 79.9. The molecule has 0 aliphatic heterocycles. The molecule has 82 valence electrons. The summed E-state index contributed by atoms with van der Waals surface area (Å²) >= 11 is 9.52. The Kier molecular flexibility index (Phi) is 3.26. The summed E-state index contributed by atoms with van der Waals surface area (Å²) in [5, 5.41) is 0.596. The predicted octanol–water partition coefficient (Wildman–Crippen LogP) is 4.61. The van der Waals surface area contributed by atoms with Crippen LogP contribution < -0.4 is 0 Å². The molecule has 0 radical (unpaired) electrons. The van der Waals surface area contributed by atoms with Gasteiger partial charge in [0, 0.05) is 17.5 Å². The van der Waals surface area contributed by atoms with E-state index in [9.17, 15) is 4.39 Å². The Morgan fingerprint density at radius 1 is 1.25 bits per heavy atom. The number of benzene rings is 1. The quantitative estimate of drug-likeness (QED) is 0.749. The third-order valence-electron chi connectivity index (χ3n) is 2.30. The van der Waals surface area contributed by atoms with Crippen LogP contribution in [0.3, 0.4) is 0 Å². The molecule has 0 spiro atoms. The van der Waals surface area contributed by atoms with Gasteiger partial charge in [-0.2, -0.15) is 0 Å². The molecule has 0 fully saturated rings. The molecule has 0 N–H and O–H groups in total. The fourth-order valence-corrected chi connectivity index (χ4v) is 2.10. The Hall–Kier alpha value is -0.930. The molecule has 2 aromatic rings. The summed E-state index contributed by atoms with van der Waals surface area (Å²) in [6.45, 7) is 1.87. The van der Waals surface area contributed by atoms with Gasteiger partial charge < -0.3 is 0 Å². The SMILES string of the molecule is Cc1ncc(Br)c(Cl)c1-c1ccc(F)cc1. The number of pyridine rings is 1. The third kappa shape index (κ3) is 2.11. The highest BCUT2D eigenvalue weighted by molar-refractivity contribution is 9.10. The number of nitrogens with zero attached hydrogens (tertiary/aromatic N) is 1. The topological polar surface area (TPSA) is 12.9 Å². The lowest BCUT2D eigenvalue weighted by Crippen LogP contribution is -1.90. The van der Waals surface area contributed by atoms with E-state index in [-0.39, 0.29) is 5.82 Å². The van der Waals surface area contributed by atoms with Gasteiger partial charge in [0.15, 0.2) is 0 Å². The van der Waals surface area contributed by atoms with Crippen LogP contribution in [0.1, 0.15) is 5.69 Å². The fourth-order valence-electron chi connectivity index (χ4n) is 1.51. The van der Waals surface area contributed by atoms with Gasteiger partial charge in [-0.15, -0.1) is 0 Å². The molecule has 0 amide bonds. The van der Waals surface area contributed by atoms with E-state index in [4.69, 9.17) is 11.6 Å². The largest absolute Gasteiger partial charge is 0.260 e. The molecule has 16 heavy (non-hydrogen) atoms. The van der Waals surface area contributed by atoms with Gasteiger partial charge in [-0.1, -0.05) is 23.7 Å². The second-order valence-corrected chi connectivity index (χ2v) is 4.62. The highest BCUT2D eigenvalue weighted by Crippen LogP contribution is 2.35. The van der Waals surface area contributed by atoms with Crippen molar-refractivity contribution in [2.24, 2.45) is 0 Å². The molecule has 2 rings (SSSR count). The summed E-state index contributed by atoms with van der Waals surface area (Å²) in [5.74, 6) is -0.263. The number of aromatic nitrogens is 1. The Morgan fingerprint density at radius 3 is 2.50 bits per heavy atom. The van der Waals surface area contributed by atoms with Gasteiger partial charge >= 0.3 is 0 Å². The van der Waals surface area contributed by atoms with Crippen molar-refractivity contribution in [3.8, 4) is 11.1 Å². The summed E-state index contributed by atoms with van der Waals surface area (Å²) < 4.78 is 13.6. The van der Waals surface area contributed by atoms with Crippen LogP contribution in [-0.4, -0.2) is 4.98 Å². The van der Waals surface area contributed by atoms with Crippen molar-refractivity contribution in [3.05, 3.63) is 51.5 Å². The third-order valence-corrected chi connectivity index (χ3v) is 3.52. The summed E-state index contributed by atoms with van der Waals surface area (Å²) in [4.78, 5) is 4.21. The lowest BCUT2D eigenvalue weighted by molar-refractivity contribution is 0.628. The van der Waals surface area contributed by atoms with Gasteiger partial charge in [-0.25, -0.2) is 4.39 Å². The zero-order valence-electron chi connectivity index (χ0n) is 8.47. The first-order valence-corrected chi connectivity index (χ1v) is 5.83. The van der Waals surface area contributed by atoms with Gasteiger partial charge in [0.1, 0.15) is 5.82 Å². The zero-order chi connectivity index (χ0) is 11.7. The Labute approximate surface area is 106 Å². The Bertz CT molecular complexity index is 525. The maximum absolute atomic E-state index is 12.8. The maximum atomic E-state index is 12.8. The minimum Gasteiger partial charge on any atom is -0.260 e. The maximum Gasteiger partial charge on any atom is 0.123 e. The Morgan fingerprint density at radius 2 is 1.88 bits per heavy atom. The number of aryl methyl sites for hydroxylation is 1. The molecule has 0 aliphatic rings. The average molecular weight is 301 g/mol. The van der Waals surface area contributed by atoms with Crippen molar-refractivity contribution < 1.29 is 4.39 Å². The zero-order valence-corrected chi connectivity index (χ0v) is 10.8. The summed E-state index contributed by atoms with van der Waals surface area (Å²) in [6, 6.07) is 6.20. The van der Waals surface area contributed by atoms with Crippen molar-refractivity contribution in [2.75, 3.05) is 0 Å². The number of halogens is 3. The predicted molar refractivity (Wildman–Crippen MR) is 67.1 cm³/mol. The molecule has 0 aliphatic carbocycles. The van der Waals surface area contributed by atoms with Crippen LogP contribution in [-0.2, 0) is 0 Å². The highest BCUT2D eigenvalue weighted by Gasteiger charge is 2.11. The van der Waals surface area contributed by atoms with Crippen LogP contribution in [0.25, 0.3) is 11.1 Å². The summed E-state index contributed by atoms with van der Waals surface area (Å²) in [7, 11) is 0. The van der Waals surface area contributed by atoms with E-state index in [1.807, 2.05) is 6.92 Å². The normalized spacial score (nSPS) is 10.5. The summed E-state index contributed by atoms with van der Waals surface area (Å²) in [5.41, 5.74) is 2.51. The van der Waals surface area contributed by atoms with Gasteiger partial charge in [0.25, 0.3) is 0 Å². The first-order valence-electron chi connectivity index (χ1n) is 4.66. The lowest BCUT2D eigenvalue weighted by Gasteiger charge is -2.09. The van der Waals surface area contributed by atoms with Gasteiger partial charge in [-0.05, 0) is 40.5 Å². The molecule has 4 heteroatoms. The molecule has 0 saturated heterocycles. The van der Waals surface area contributed by atoms with Crippen LogP contribution in [0.15, 0.2) is 34.9 Å². The van der Waals surface area contributed by atoms with E-state index in [1.54, 1.807) is 18.3 Å². The van der Waals surface area contributed by atoms with Crippen molar-refractivity contribution in [2.45, 2.75) is 6.92 Å². The summed E-state index contributed by atoms with van der Waals surface area (Å²) in [6.07, 6.45) is 1.66. The van der Waals surface area contributed by atoms with Gasteiger partial charge in [0.05, 0.1) is 9.50 Å². The number of hydrogen-bond acceptors (Lipinski definition) is 1. The standard InChI is InChI=1S/C12H8BrClFN/c1-7-11(12(14)10(13)6-16-7)8-2-4-9(15)5-3-8/h2-6H,1H3. The van der Waals surface area contributed by atoms with Gasteiger partial charge in [0.2, 0.25) is 0 Å². The van der Waals surface area contributed by atoms with Crippen molar-refractivity contribution in [1.29, 1.82) is 0 Å². The molecule has 0 unspecified atom stereocenters. The first-order chi connectivity index (χ1) is 7.59. The van der Waals surface area contributed by atoms with E-state index in [0.717, 1.165) is 21.3 Å². The van der Waals surface area contributed by atoms with E-state index in [0.29, 0.717) is 5.02 Å². The molecular formula is C12H8BrClFN. The minimum absolute atomic E-state index is 0.263. The van der Waals surface area contributed by atoms with Crippen molar-refractivity contribution in [3.63, 3.8) is 0 Å². The lowest BCUT2D eigenvalue weighted by atomic mass is 10.0. The molecule has 1 heterocycles. The van der Waals surface area contributed by atoms with E-state index in [1.165, 1.54) is 12.1 Å². The molecule has 1 aromatic heterocycles. The molecular weight excluding hydrogens is 292 g/mol. The van der Waals surface area contributed by atoms with Crippen LogP contribution >= 0.6 is 27.5 Å². The second-order valence-electron chi connectivity index (χ2n) is 3.39. The van der Waals surface area contributed by atoms with E-state index < -0.39 is 0 Å². The fraction of sp³-hybridized carbons (Fsp3) is 0.0833. The molecule has 0 atom stereocenters. The first kappa shape index (κ1) is 11.6. The van der Waals surface area contributed by atoms with Crippen LogP contribution in [0.4, 0.5) is 4.39 Å². The Balaban J connectivity index is 2.63. The van der Waals surface area contributed by atoms with Gasteiger partial charge in [-0.3, -0.25) is 4.98 Å². The van der Waals surface area contributed by atoms with Crippen molar-refractivity contribution in [1.82, 2.24) is 4.98 Å². The number of hydrogen-bond donors (Lipinski definition) is 0. The average Bonchev–Trinajstić information content (AvgIpc) is 2.27. The smallest absolute Gasteiger partial charge is 0.123 e. The van der Waals surface area contributed by atoms with Crippen LogP contribution in [0, 0.1) is 12.7 Å². The van der Waals surface area contributed by atoms with Crippen LogP contribution in [0.2, 0.25) is 5.02 Å². The molecule has 0 bridgehead atoms. The second kappa shape index (κ2) is 4.52. The van der Waals surface area contributed by atoms with Crippen molar-refractivity contribution >= 4 is 27.5 Å². The molecule has 1 nitrogen and oxygen atoms in total. The van der Waals surface area contributed by atoms with E-state index >= 15 is 0 Å². The molecule has 1 aromatic carbocycles. The van der Waals surface area contributed by atoms with Crippen LogP contribution in [0.5, 0.6) is 0 Å². The number of rotatable bonds is 1. The van der Waals surface area contributed by atoms with E-state index in [2.05, 4.69) is 20.9 Å². The minimum atomic E-state index is -0.263.